The van der Waals surface area contributed by atoms with Crippen LogP contribution in [0.4, 0.5) is 0 Å². The molecular formula is C12H24N2O. The predicted octanol–water partition coefficient (Wildman–Crippen LogP) is 1.24. The summed E-state index contributed by atoms with van der Waals surface area (Å²) in [6.45, 7) is 8.80. The molecule has 3 nitrogen and oxygen atoms in total. The van der Waals surface area contributed by atoms with Crippen molar-refractivity contribution >= 4 is 0 Å². The molecule has 0 aromatic rings. The second kappa shape index (κ2) is 5.28. The van der Waals surface area contributed by atoms with E-state index >= 15 is 0 Å². The van der Waals surface area contributed by atoms with E-state index in [4.69, 9.17) is 4.74 Å². The first-order valence-corrected chi connectivity index (χ1v) is 6.41. The Morgan fingerprint density at radius 3 is 3.07 bits per heavy atom. The van der Waals surface area contributed by atoms with Gasteiger partial charge in [0.2, 0.25) is 0 Å². The van der Waals surface area contributed by atoms with Gasteiger partial charge in [0.05, 0.1) is 12.7 Å². The van der Waals surface area contributed by atoms with Gasteiger partial charge in [-0.1, -0.05) is 6.92 Å². The van der Waals surface area contributed by atoms with Crippen LogP contribution in [0.15, 0.2) is 0 Å². The van der Waals surface area contributed by atoms with E-state index in [1.165, 1.54) is 25.8 Å². The standard InChI is InChI=1S/C12H24N2O/c1-3-11-5-4-7-14(11)10(2)12-9-13-6-8-15-12/h10-13H,3-9H2,1-2H3. The number of likely N-dealkylation sites (tertiary alicyclic amines) is 1. The molecule has 2 saturated heterocycles. The Kier molecular flexibility index (Phi) is 4.00. The monoisotopic (exact) mass is 212 g/mol. The number of morpholine rings is 1. The first-order chi connectivity index (χ1) is 7.33. The van der Waals surface area contributed by atoms with Crippen LogP contribution in [0, 0.1) is 0 Å². The van der Waals surface area contributed by atoms with Crippen LogP contribution in [0.25, 0.3) is 0 Å². The summed E-state index contributed by atoms with van der Waals surface area (Å²) >= 11 is 0. The molecule has 3 heteroatoms. The van der Waals surface area contributed by atoms with Gasteiger partial charge in [-0.25, -0.2) is 0 Å². The number of nitrogens with zero attached hydrogens (tertiary/aromatic N) is 1. The lowest BCUT2D eigenvalue weighted by Gasteiger charge is -2.37. The highest BCUT2D eigenvalue weighted by atomic mass is 16.5. The molecule has 0 radical (unpaired) electrons. The molecule has 0 spiro atoms. The molecule has 1 N–H and O–H groups in total. The highest BCUT2D eigenvalue weighted by Crippen LogP contribution is 2.24. The highest BCUT2D eigenvalue weighted by molar-refractivity contribution is 4.87. The van der Waals surface area contributed by atoms with E-state index in [2.05, 4.69) is 24.1 Å². The fraction of sp³-hybridized carbons (Fsp3) is 1.00. The summed E-state index contributed by atoms with van der Waals surface area (Å²) in [5, 5.41) is 3.42. The molecule has 0 aromatic carbocycles. The Bertz CT molecular complexity index is 192. The van der Waals surface area contributed by atoms with E-state index in [0.717, 1.165) is 25.7 Å². The minimum absolute atomic E-state index is 0.394. The minimum atomic E-state index is 0.394. The second-order valence-electron chi connectivity index (χ2n) is 4.80. The molecule has 0 saturated carbocycles. The molecule has 3 unspecified atom stereocenters. The molecule has 2 rings (SSSR count). The highest BCUT2D eigenvalue weighted by Gasteiger charge is 2.32. The van der Waals surface area contributed by atoms with E-state index < -0.39 is 0 Å². The lowest BCUT2D eigenvalue weighted by molar-refractivity contribution is -0.0296. The van der Waals surface area contributed by atoms with Gasteiger partial charge in [-0.3, -0.25) is 4.90 Å². The summed E-state index contributed by atoms with van der Waals surface area (Å²) in [6.07, 6.45) is 4.42. The SMILES string of the molecule is CCC1CCCN1C(C)C1CNCCO1. The summed E-state index contributed by atoms with van der Waals surface area (Å²) in [4.78, 5) is 2.65. The Morgan fingerprint density at radius 2 is 2.40 bits per heavy atom. The number of rotatable bonds is 3. The molecule has 2 fully saturated rings. The van der Waals surface area contributed by atoms with Gasteiger partial charge in [0, 0.05) is 25.2 Å². The van der Waals surface area contributed by atoms with Crippen molar-refractivity contribution in [2.75, 3.05) is 26.2 Å². The molecule has 0 bridgehead atoms. The van der Waals surface area contributed by atoms with Crippen LogP contribution in [0.1, 0.15) is 33.1 Å². The van der Waals surface area contributed by atoms with Crippen molar-refractivity contribution in [1.29, 1.82) is 0 Å². The van der Waals surface area contributed by atoms with Gasteiger partial charge in [0.15, 0.2) is 0 Å². The maximum atomic E-state index is 5.84. The summed E-state index contributed by atoms with van der Waals surface area (Å²) in [7, 11) is 0. The van der Waals surface area contributed by atoms with E-state index in [1.807, 2.05) is 0 Å². The molecule has 2 aliphatic rings. The smallest absolute Gasteiger partial charge is 0.0852 e. The van der Waals surface area contributed by atoms with Crippen LogP contribution >= 0.6 is 0 Å². The Balaban J connectivity index is 1.90. The van der Waals surface area contributed by atoms with Crippen molar-refractivity contribution in [3.05, 3.63) is 0 Å². The second-order valence-corrected chi connectivity index (χ2v) is 4.80. The zero-order chi connectivity index (χ0) is 10.7. The van der Waals surface area contributed by atoms with Crippen molar-refractivity contribution in [2.45, 2.75) is 51.3 Å². The van der Waals surface area contributed by atoms with Crippen molar-refractivity contribution in [1.82, 2.24) is 10.2 Å². The van der Waals surface area contributed by atoms with E-state index in [1.54, 1.807) is 0 Å². The van der Waals surface area contributed by atoms with Crippen LogP contribution in [-0.4, -0.2) is 49.3 Å². The summed E-state index contributed by atoms with van der Waals surface area (Å²) < 4.78 is 5.84. The number of nitrogens with one attached hydrogen (secondary N) is 1. The van der Waals surface area contributed by atoms with Crippen molar-refractivity contribution in [3.8, 4) is 0 Å². The Labute approximate surface area is 93.2 Å². The summed E-state index contributed by atoms with van der Waals surface area (Å²) in [5.74, 6) is 0. The van der Waals surface area contributed by atoms with Crippen LogP contribution in [0.2, 0.25) is 0 Å². The van der Waals surface area contributed by atoms with Gasteiger partial charge in [-0.2, -0.15) is 0 Å². The summed E-state index contributed by atoms with van der Waals surface area (Å²) in [5.41, 5.74) is 0. The quantitative estimate of drug-likeness (QED) is 0.762. The van der Waals surface area contributed by atoms with Crippen molar-refractivity contribution in [2.24, 2.45) is 0 Å². The lowest BCUT2D eigenvalue weighted by Crippen LogP contribution is -2.52. The van der Waals surface area contributed by atoms with E-state index in [-0.39, 0.29) is 0 Å². The van der Waals surface area contributed by atoms with E-state index in [0.29, 0.717) is 12.1 Å². The average Bonchev–Trinajstić information content (AvgIpc) is 2.77. The third-order valence-electron chi connectivity index (χ3n) is 3.91. The number of hydrogen-bond donors (Lipinski definition) is 1. The molecule has 2 aliphatic heterocycles. The third kappa shape index (κ3) is 2.52. The Hall–Kier alpha value is -0.120. The lowest BCUT2D eigenvalue weighted by atomic mass is 10.1. The van der Waals surface area contributed by atoms with Crippen LogP contribution in [0.3, 0.4) is 0 Å². The first kappa shape index (κ1) is 11.4. The zero-order valence-corrected chi connectivity index (χ0v) is 10.0. The zero-order valence-electron chi connectivity index (χ0n) is 10.0. The van der Waals surface area contributed by atoms with Crippen molar-refractivity contribution < 1.29 is 4.74 Å². The van der Waals surface area contributed by atoms with Gasteiger partial charge in [-0.15, -0.1) is 0 Å². The van der Waals surface area contributed by atoms with Gasteiger partial charge < -0.3 is 10.1 Å². The normalized spacial score (nSPS) is 35.6. The molecule has 15 heavy (non-hydrogen) atoms. The molecule has 0 amide bonds. The summed E-state index contributed by atoms with van der Waals surface area (Å²) in [6, 6.07) is 1.37. The maximum Gasteiger partial charge on any atom is 0.0852 e. The van der Waals surface area contributed by atoms with Crippen LogP contribution in [-0.2, 0) is 4.74 Å². The molecular weight excluding hydrogens is 188 g/mol. The van der Waals surface area contributed by atoms with Crippen LogP contribution in [0.5, 0.6) is 0 Å². The van der Waals surface area contributed by atoms with E-state index in [9.17, 15) is 0 Å². The minimum Gasteiger partial charge on any atom is -0.374 e. The van der Waals surface area contributed by atoms with Gasteiger partial charge in [-0.05, 0) is 32.7 Å². The molecule has 0 aromatic heterocycles. The number of ether oxygens (including phenoxy) is 1. The molecule has 0 aliphatic carbocycles. The maximum absolute atomic E-state index is 5.84. The third-order valence-corrected chi connectivity index (χ3v) is 3.91. The average molecular weight is 212 g/mol. The first-order valence-electron chi connectivity index (χ1n) is 6.41. The van der Waals surface area contributed by atoms with Gasteiger partial charge in [0.25, 0.3) is 0 Å². The molecule has 3 atom stereocenters. The predicted molar refractivity (Wildman–Crippen MR) is 62.1 cm³/mol. The van der Waals surface area contributed by atoms with Crippen molar-refractivity contribution in [3.63, 3.8) is 0 Å². The fourth-order valence-electron chi connectivity index (χ4n) is 2.94. The Morgan fingerprint density at radius 1 is 1.53 bits per heavy atom. The van der Waals surface area contributed by atoms with Gasteiger partial charge in [0.1, 0.15) is 0 Å². The largest absolute Gasteiger partial charge is 0.374 e. The molecule has 88 valence electrons. The molecule has 2 heterocycles. The topological polar surface area (TPSA) is 24.5 Å². The number of hydrogen-bond acceptors (Lipinski definition) is 3. The van der Waals surface area contributed by atoms with Crippen LogP contribution < -0.4 is 5.32 Å². The fourth-order valence-corrected chi connectivity index (χ4v) is 2.94. The van der Waals surface area contributed by atoms with Gasteiger partial charge >= 0.3 is 0 Å².